The van der Waals surface area contributed by atoms with Crippen molar-refractivity contribution in [2.75, 3.05) is 20.2 Å². The van der Waals surface area contributed by atoms with Crippen LogP contribution in [0.2, 0.25) is 0 Å². The molecule has 0 saturated heterocycles. The minimum absolute atomic E-state index is 0.256. The SMILES string of the molecule is CCCN(CC(c1ccccc1)(c1ccccc1)c1ccccc1)C1CCc2c(cccc2OC)C1. The Balaban J connectivity index is 1.61. The van der Waals surface area contributed by atoms with Crippen LogP contribution in [-0.4, -0.2) is 31.1 Å². The summed E-state index contributed by atoms with van der Waals surface area (Å²) in [6, 6.07) is 40.4. The van der Waals surface area contributed by atoms with E-state index in [0.717, 1.165) is 44.5 Å². The molecule has 4 aromatic carbocycles. The van der Waals surface area contributed by atoms with Crippen molar-refractivity contribution in [3.8, 4) is 5.75 Å². The second-order valence-electron chi connectivity index (χ2n) is 9.97. The van der Waals surface area contributed by atoms with Gasteiger partial charge < -0.3 is 4.74 Å². The third-order valence-corrected chi connectivity index (χ3v) is 7.90. The second kappa shape index (κ2) is 11.1. The first-order valence-electron chi connectivity index (χ1n) is 13.3. The van der Waals surface area contributed by atoms with Crippen LogP contribution in [0.5, 0.6) is 5.75 Å². The number of methoxy groups -OCH3 is 1. The Labute approximate surface area is 216 Å². The molecule has 0 spiro atoms. The molecule has 1 unspecified atom stereocenters. The van der Waals surface area contributed by atoms with Gasteiger partial charge in [0.15, 0.2) is 0 Å². The van der Waals surface area contributed by atoms with Gasteiger partial charge in [-0.3, -0.25) is 4.90 Å². The molecular formula is C34H37NO. The zero-order valence-corrected chi connectivity index (χ0v) is 21.6. The van der Waals surface area contributed by atoms with Gasteiger partial charge in [0.25, 0.3) is 0 Å². The minimum Gasteiger partial charge on any atom is -0.496 e. The monoisotopic (exact) mass is 475 g/mol. The number of hydrogen-bond acceptors (Lipinski definition) is 2. The first-order chi connectivity index (χ1) is 17.8. The number of ether oxygens (including phenoxy) is 1. The van der Waals surface area contributed by atoms with E-state index < -0.39 is 0 Å². The first-order valence-corrected chi connectivity index (χ1v) is 13.3. The molecule has 5 rings (SSSR count). The molecule has 36 heavy (non-hydrogen) atoms. The highest BCUT2D eigenvalue weighted by Crippen LogP contribution is 2.41. The minimum atomic E-state index is -0.256. The maximum absolute atomic E-state index is 5.70. The third kappa shape index (κ3) is 4.70. The molecule has 0 radical (unpaired) electrons. The van der Waals surface area contributed by atoms with Gasteiger partial charge in [-0.15, -0.1) is 0 Å². The molecule has 2 heteroatoms. The van der Waals surface area contributed by atoms with Crippen LogP contribution in [0.15, 0.2) is 109 Å². The van der Waals surface area contributed by atoms with Crippen LogP contribution in [0.25, 0.3) is 0 Å². The van der Waals surface area contributed by atoms with Gasteiger partial charge in [0.2, 0.25) is 0 Å². The van der Waals surface area contributed by atoms with Crippen LogP contribution >= 0.6 is 0 Å². The molecule has 4 aromatic rings. The van der Waals surface area contributed by atoms with Crippen molar-refractivity contribution >= 4 is 0 Å². The van der Waals surface area contributed by atoms with Gasteiger partial charge in [-0.05, 0) is 66.1 Å². The van der Waals surface area contributed by atoms with Gasteiger partial charge in [0, 0.05) is 12.6 Å². The largest absolute Gasteiger partial charge is 0.496 e. The molecule has 0 saturated carbocycles. The molecule has 2 nitrogen and oxygen atoms in total. The third-order valence-electron chi connectivity index (χ3n) is 7.90. The second-order valence-corrected chi connectivity index (χ2v) is 9.97. The predicted molar refractivity (Wildman–Crippen MR) is 150 cm³/mol. The van der Waals surface area contributed by atoms with Crippen LogP contribution in [0, 0.1) is 0 Å². The van der Waals surface area contributed by atoms with E-state index >= 15 is 0 Å². The van der Waals surface area contributed by atoms with Crippen molar-refractivity contribution in [3.05, 3.63) is 137 Å². The number of nitrogens with zero attached hydrogens (tertiary/aromatic N) is 1. The van der Waals surface area contributed by atoms with Crippen molar-refractivity contribution in [2.45, 2.75) is 44.1 Å². The summed E-state index contributed by atoms with van der Waals surface area (Å²) < 4.78 is 5.70. The van der Waals surface area contributed by atoms with Crippen molar-refractivity contribution in [1.82, 2.24) is 4.90 Å². The topological polar surface area (TPSA) is 12.5 Å². The molecule has 1 aliphatic carbocycles. The molecule has 0 bridgehead atoms. The van der Waals surface area contributed by atoms with E-state index in [1.54, 1.807) is 7.11 Å². The highest BCUT2D eigenvalue weighted by atomic mass is 16.5. The Kier molecular flexibility index (Phi) is 7.53. The zero-order valence-electron chi connectivity index (χ0n) is 21.6. The van der Waals surface area contributed by atoms with Crippen LogP contribution in [0.1, 0.15) is 47.6 Å². The van der Waals surface area contributed by atoms with Gasteiger partial charge in [-0.1, -0.05) is 110 Å². The molecule has 0 aliphatic heterocycles. The van der Waals surface area contributed by atoms with E-state index in [9.17, 15) is 0 Å². The van der Waals surface area contributed by atoms with Crippen molar-refractivity contribution in [1.29, 1.82) is 0 Å². The normalized spacial score (nSPS) is 15.5. The summed E-state index contributed by atoms with van der Waals surface area (Å²) >= 11 is 0. The average Bonchev–Trinajstić information content (AvgIpc) is 2.96. The molecule has 184 valence electrons. The maximum atomic E-state index is 5.70. The van der Waals surface area contributed by atoms with Crippen LogP contribution in [-0.2, 0) is 18.3 Å². The molecule has 0 aromatic heterocycles. The summed E-state index contributed by atoms with van der Waals surface area (Å²) in [7, 11) is 1.79. The molecule has 0 amide bonds. The number of hydrogen-bond donors (Lipinski definition) is 0. The van der Waals surface area contributed by atoms with Crippen molar-refractivity contribution in [3.63, 3.8) is 0 Å². The summed E-state index contributed by atoms with van der Waals surface area (Å²) in [4.78, 5) is 2.77. The number of rotatable bonds is 9. The van der Waals surface area contributed by atoms with Gasteiger partial charge in [-0.25, -0.2) is 0 Å². The fourth-order valence-corrected chi connectivity index (χ4v) is 6.18. The van der Waals surface area contributed by atoms with Crippen LogP contribution < -0.4 is 4.74 Å². The molecule has 0 heterocycles. The summed E-state index contributed by atoms with van der Waals surface area (Å²) in [5.41, 5.74) is 6.63. The zero-order chi connectivity index (χ0) is 24.8. The lowest BCUT2D eigenvalue weighted by Gasteiger charge is -2.44. The number of benzene rings is 4. The molecule has 0 N–H and O–H groups in total. The first kappa shape index (κ1) is 24.3. The van der Waals surface area contributed by atoms with E-state index in [2.05, 4.69) is 121 Å². The van der Waals surface area contributed by atoms with Crippen LogP contribution in [0.3, 0.4) is 0 Å². The van der Waals surface area contributed by atoms with Crippen LogP contribution in [0.4, 0.5) is 0 Å². The van der Waals surface area contributed by atoms with Gasteiger partial charge in [-0.2, -0.15) is 0 Å². The summed E-state index contributed by atoms with van der Waals surface area (Å²) in [6.07, 6.45) is 4.43. The lowest BCUT2D eigenvalue weighted by atomic mass is 9.68. The smallest absolute Gasteiger partial charge is 0.122 e. The Morgan fingerprint density at radius 2 is 1.31 bits per heavy atom. The highest BCUT2D eigenvalue weighted by Gasteiger charge is 2.40. The van der Waals surface area contributed by atoms with Gasteiger partial charge in [0.05, 0.1) is 12.5 Å². The number of fused-ring (bicyclic) bond motifs is 1. The van der Waals surface area contributed by atoms with Gasteiger partial charge >= 0.3 is 0 Å². The quantitative estimate of drug-likeness (QED) is 0.236. The molecular weight excluding hydrogens is 438 g/mol. The summed E-state index contributed by atoms with van der Waals surface area (Å²) in [6.45, 7) is 4.34. The Morgan fingerprint density at radius 1 is 0.750 bits per heavy atom. The highest BCUT2D eigenvalue weighted by molar-refractivity contribution is 5.51. The van der Waals surface area contributed by atoms with E-state index in [1.807, 2.05) is 0 Å². The maximum Gasteiger partial charge on any atom is 0.122 e. The summed E-state index contributed by atoms with van der Waals surface area (Å²) in [5.74, 6) is 1.04. The molecule has 1 atom stereocenters. The Bertz CT molecular complexity index is 1140. The van der Waals surface area contributed by atoms with Crippen molar-refractivity contribution in [2.24, 2.45) is 0 Å². The molecule has 0 fully saturated rings. The fourth-order valence-electron chi connectivity index (χ4n) is 6.18. The fraction of sp³-hybridized carbons (Fsp3) is 0.294. The van der Waals surface area contributed by atoms with E-state index in [4.69, 9.17) is 4.74 Å². The lowest BCUT2D eigenvalue weighted by Crippen LogP contribution is -2.49. The van der Waals surface area contributed by atoms with E-state index in [0.29, 0.717) is 6.04 Å². The van der Waals surface area contributed by atoms with Gasteiger partial charge in [0.1, 0.15) is 5.75 Å². The lowest BCUT2D eigenvalue weighted by molar-refractivity contribution is 0.158. The Morgan fingerprint density at radius 3 is 1.81 bits per heavy atom. The predicted octanol–water partition coefficient (Wildman–Crippen LogP) is 7.30. The molecule has 1 aliphatic rings. The standard InChI is InChI=1S/C34H37NO/c1-3-24-35(31-22-23-32-27(25-31)14-13-21-33(32)36-2)26-34(28-15-7-4-8-16-28,29-17-9-5-10-18-29)30-19-11-6-12-20-30/h4-21,31H,3,22-26H2,1-2H3. The van der Waals surface area contributed by atoms with Crippen molar-refractivity contribution < 1.29 is 4.74 Å². The van der Waals surface area contributed by atoms with E-state index in [1.165, 1.54) is 27.8 Å². The summed E-state index contributed by atoms with van der Waals surface area (Å²) in [5, 5.41) is 0. The van der Waals surface area contributed by atoms with E-state index in [-0.39, 0.29) is 5.41 Å². The average molecular weight is 476 g/mol. The Hall–Kier alpha value is -3.36.